The maximum atomic E-state index is 12.2. The van der Waals surface area contributed by atoms with Crippen LogP contribution in [0.3, 0.4) is 0 Å². The fraction of sp³-hybridized carbons (Fsp3) is 0.0625. The molecule has 0 saturated carbocycles. The van der Waals surface area contributed by atoms with Crippen molar-refractivity contribution in [2.75, 3.05) is 7.11 Å². The smallest absolute Gasteiger partial charge is 0.271 e. The Bertz CT molecular complexity index is 993. The molecule has 2 aromatic carbocycles. The molecule has 1 aromatic heterocycles. The number of imidazole rings is 1. The van der Waals surface area contributed by atoms with Crippen molar-refractivity contribution in [3.05, 3.63) is 56.8 Å². The topological polar surface area (TPSA) is 82.3 Å². The van der Waals surface area contributed by atoms with Gasteiger partial charge in [0.1, 0.15) is 5.75 Å². The number of nitrogens with zero attached hydrogens (tertiary/aromatic N) is 1. The van der Waals surface area contributed by atoms with Gasteiger partial charge in [0.2, 0.25) is 0 Å². The van der Waals surface area contributed by atoms with E-state index in [4.69, 9.17) is 17.0 Å². The van der Waals surface area contributed by atoms with E-state index in [1.54, 1.807) is 25.3 Å². The quantitative estimate of drug-likeness (QED) is 0.351. The number of methoxy groups -OCH3 is 1. The Balaban J connectivity index is 1.76. The van der Waals surface area contributed by atoms with Crippen molar-refractivity contribution in [3.8, 4) is 5.75 Å². The molecule has 0 unspecified atom stereocenters. The maximum Gasteiger partial charge on any atom is 0.271 e. The van der Waals surface area contributed by atoms with Crippen LogP contribution in [0.15, 0.2) is 46.0 Å². The number of H-pyrrole nitrogens is 2. The molecule has 0 aliphatic rings. The summed E-state index contributed by atoms with van der Waals surface area (Å²) in [4.78, 5) is 18.2. The Morgan fingerprint density at radius 2 is 2.04 bits per heavy atom. The first-order valence-electron chi connectivity index (χ1n) is 6.96. The van der Waals surface area contributed by atoms with E-state index in [1.807, 2.05) is 18.2 Å². The predicted molar refractivity (Wildman–Crippen MR) is 99.2 cm³/mol. The highest BCUT2D eigenvalue weighted by atomic mass is 79.9. The maximum absolute atomic E-state index is 12.2. The number of hydrazone groups is 1. The molecule has 24 heavy (non-hydrogen) atoms. The van der Waals surface area contributed by atoms with Crippen molar-refractivity contribution in [1.82, 2.24) is 15.4 Å². The van der Waals surface area contributed by atoms with Crippen molar-refractivity contribution in [1.29, 1.82) is 0 Å². The molecule has 0 spiro atoms. The number of nitrogens with one attached hydrogen (secondary N) is 3. The van der Waals surface area contributed by atoms with Crippen LogP contribution in [-0.2, 0) is 0 Å². The highest BCUT2D eigenvalue weighted by Gasteiger charge is 2.07. The molecule has 0 bridgehead atoms. The summed E-state index contributed by atoms with van der Waals surface area (Å²) in [7, 11) is 1.58. The zero-order valence-corrected chi connectivity index (χ0v) is 15.0. The first kappa shape index (κ1) is 16.4. The Hall–Kier alpha value is -2.45. The first-order valence-corrected chi connectivity index (χ1v) is 8.16. The first-order chi connectivity index (χ1) is 11.6. The highest BCUT2D eigenvalue weighted by Crippen LogP contribution is 2.21. The van der Waals surface area contributed by atoms with Gasteiger partial charge in [-0.2, -0.15) is 5.10 Å². The summed E-state index contributed by atoms with van der Waals surface area (Å²) in [5.41, 5.74) is 5.34. The normalized spacial score (nSPS) is 11.1. The van der Waals surface area contributed by atoms with E-state index in [-0.39, 0.29) is 5.91 Å². The molecule has 1 amide bonds. The SMILES string of the molecule is COc1ccc(Br)cc1/C=N\NC(=O)c1ccc2[nH]c(=S)[nH]c2c1. The number of hydrogen-bond donors (Lipinski definition) is 3. The number of benzene rings is 2. The minimum atomic E-state index is -0.317. The number of fused-ring (bicyclic) bond motifs is 1. The van der Waals surface area contributed by atoms with Crippen LogP contribution in [-0.4, -0.2) is 29.2 Å². The third-order valence-electron chi connectivity index (χ3n) is 3.34. The van der Waals surface area contributed by atoms with Gasteiger partial charge in [-0.15, -0.1) is 0 Å². The lowest BCUT2D eigenvalue weighted by molar-refractivity contribution is 0.0955. The van der Waals surface area contributed by atoms with Crippen molar-refractivity contribution < 1.29 is 9.53 Å². The fourth-order valence-electron chi connectivity index (χ4n) is 2.20. The lowest BCUT2D eigenvalue weighted by Crippen LogP contribution is -2.17. The van der Waals surface area contributed by atoms with E-state index in [2.05, 4.69) is 36.4 Å². The Labute approximate surface area is 151 Å². The number of ether oxygens (including phenoxy) is 1. The summed E-state index contributed by atoms with van der Waals surface area (Å²) < 4.78 is 6.66. The highest BCUT2D eigenvalue weighted by molar-refractivity contribution is 9.10. The average Bonchev–Trinajstić information content (AvgIpc) is 2.94. The molecule has 122 valence electrons. The van der Waals surface area contributed by atoms with E-state index in [9.17, 15) is 4.79 Å². The van der Waals surface area contributed by atoms with Gasteiger partial charge in [-0.3, -0.25) is 4.79 Å². The third kappa shape index (κ3) is 3.55. The molecular weight excluding hydrogens is 392 g/mol. The van der Waals surface area contributed by atoms with Gasteiger partial charge in [0.05, 0.1) is 24.4 Å². The number of rotatable bonds is 4. The summed E-state index contributed by atoms with van der Waals surface area (Å²) in [6, 6.07) is 10.7. The zero-order chi connectivity index (χ0) is 17.1. The van der Waals surface area contributed by atoms with E-state index in [1.165, 1.54) is 6.21 Å². The second-order valence-corrected chi connectivity index (χ2v) is 6.25. The summed E-state index contributed by atoms with van der Waals surface area (Å²) in [6.07, 6.45) is 1.53. The molecule has 8 heteroatoms. The lowest BCUT2D eigenvalue weighted by Gasteiger charge is -2.04. The Morgan fingerprint density at radius 3 is 2.83 bits per heavy atom. The Morgan fingerprint density at radius 1 is 1.25 bits per heavy atom. The molecule has 0 aliphatic carbocycles. The molecule has 0 saturated heterocycles. The molecule has 0 fully saturated rings. The monoisotopic (exact) mass is 404 g/mol. The van der Waals surface area contributed by atoms with Gasteiger partial charge in [0, 0.05) is 15.6 Å². The lowest BCUT2D eigenvalue weighted by atomic mass is 10.2. The molecule has 0 aliphatic heterocycles. The van der Waals surface area contributed by atoms with Gasteiger partial charge in [-0.05, 0) is 48.6 Å². The van der Waals surface area contributed by atoms with Gasteiger partial charge < -0.3 is 14.7 Å². The predicted octanol–water partition coefficient (Wildman–Crippen LogP) is 3.76. The van der Waals surface area contributed by atoms with Crippen LogP contribution < -0.4 is 10.2 Å². The molecule has 3 N–H and O–H groups in total. The van der Waals surface area contributed by atoms with Crippen LogP contribution in [0.5, 0.6) is 5.75 Å². The second-order valence-electron chi connectivity index (χ2n) is 4.92. The van der Waals surface area contributed by atoms with Crippen LogP contribution in [0.25, 0.3) is 11.0 Å². The van der Waals surface area contributed by atoms with Gasteiger partial charge in [0.25, 0.3) is 5.91 Å². The number of halogens is 1. The summed E-state index contributed by atoms with van der Waals surface area (Å²) in [5.74, 6) is 0.347. The molecule has 3 aromatic rings. The largest absolute Gasteiger partial charge is 0.496 e. The standard InChI is InChI=1S/C16H13BrN4O2S/c1-23-14-5-3-11(17)6-10(14)8-18-21-15(22)9-2-4-12-13(7-9)20-16(24)19-12/h2-8H,1H3,(H,21,22)(H2,19,20,24)/b18-8-. The number of amides is 1. The van der Waals surface area contributed by atoms with Gasteiger partial charge in [0.15, 0.2) is 4.77 Å². The number of hydrogen-bond acceptors (Lipinski definition) is 4. The van der Waals surface area contributed by atoms with E-state index >= 15 is 0 Å². The molecule has 1 heterocycles. The molecule has 6 nitrogen and oxygen atoms in total. The van der Waals surface area contributed by atoms with E-state index in [0.717, 1.165) is 21.1 Å². The van der Waals surface area contributed by atoms with Gasteiger partial charge >= 0.3 is 0 Å². The molecule has 3 rings (SSSR count). The van der Waals surface area contributed by atoms with Crippen molar-refractivity contribution in [2.24, 2.45) is 5.10 Å². The van der Waals surface area contributed by atoms with Crippen LogP contribution in [0.2, 0.25) is 0 Å². The van der Waals surface area contributed by atoms with Gasteiger partial charge in [-0.25, -0.2) is 5.43 Å². The van der Waals surface area contributed by atoms with Crippen LogP contribution in [0.1, 0.15) is 15.9 Å². The third-order valence-corrected chi connectivity index (χ3v) is 4.04. The number of aromatic amines is 2. The van der Waals surface area contributed by atoms with Crippen molar-refractivity contribution in [2.45, 2.75) is 0 Å². The van der Waals surface area contributed by atoms with Crippen molar-refractivity contribution in [3.63, 3.8) is 0 Å². The van der Waals surface area contributed by atoms with Gasteiger partial charge in [-0.1, -0.05) is 15.9 Å². The van der Waals surface area contributed by atoms with Crippen LogP contribution in [0, 0.1) is 4.77 Å². The molecule has 0 atom stereocenters. The van der Waals surface area contributed by atoms with Crippen molar-refractivity contribution >= 4 is 51.3 Å². The fourth-order valence-corrected chi connectivity index (χ4v) is 2.80. The number of aromatic nitrogens is 2. The average molecular weight is 405 g/mol. The number of carbonyl (C=O) groups is 1. The summed E-state index contributed by atoms with van der Waals surface area (Å²) in [5, 5.41) is 3.99. The van der Waals surface area contributed by atoms with Crippen LogP contribution >= 0.6 is 28.1 Å². The molecule has 0 radical (unpaired) electrons. The second kappa shape index (κ2) is 6.98. The van der Waals surface area contributed by atoms with E-state index in [0.29, 0.717) is 16.1 Å². The number of carbonyl (C=O) groups excluding carboxylic acids is 1. The zero-order valence-electron chi connectivity index (χ0n) is 12.6. The minimum Gasteiger partial charge on any atom is -0.496 e. The minimum absolute atomic E-state index is 0.317. The molecular formula is C16H13BrN4O2S. The summed E-state index contributed by atoms with van der Waals surface area (Å²) >= 11 is 8.42. The summed E-state index contributed by atoms with van der Waals surface area (Å²) in [6.45, 7) is 0. The van der Waals surface area contributed by atoms with Crippen LogP contribution in [0.4, 0.5) is 0 Å². The van der Waals surface area contributed by atoms with E-state index < -0.39 is 0 Å². The Kier molecular flexibility index (Phi) is 4.77.